The third kappa shape index (κ3) is 3.83. The van der Waals surface area contributed by atoms with Crippen LogP contribution >= 0.6 is 23.2 Å². The fraction of sp³-hybridized carbons (Fsp3) is 0.100. The van der Waals surface area contributed by atoms with Crippen LogP contribution in [0.3, 0.4) is 0 Å². The molecule has 0 spiro atoms. The van der Waals surface area contributed by atoms with E-state index in [1.165, 1.54) is 0 Å². The monoisotopic (exact) mass is 411 g/mol. The molecule has 6 nitrogen and oxygen atoms in total. The van der Waals surface area contributed by atoms with E-state index in [0.717, 1.165) is 28.1 Å². The van der Waals surface area contributed by atoms with Crippen molar-refractivity contribution in [3.05, 3.63) is 76.7 Å². The maximum atomic E-state index is 6.08. The number of nitrogens with one attached hydrogen (secondary N) is 1. The molecule has 0 amide bonds. The van der Waals surface area contributed by atoms with Gasteiger partial charge in [0.2, 0.25) is 5.95 Å². The van der Waals surface area contributed by atoms with Gasteiger partial charge in [-0.15, -0.1) is 0 Å². The van der Waals surface area contributed by atoms with Crippen LogP contribution in [0.5, 0.6) is 0 Å². The Labute approximate surface area is 171 Å². The third-order valence-electron chi connectivity index (χ3n) is 4.18. The van der Waals surface area contributed by atoms with Crippen LogP contribution in [-0.4, -0.2) is 19.9 Å². The van der Waals surface area contributed by atoms with Gasteiger partial charge in [-0.25, -0.2) is 9.97 Å². The van der Waals surface area contributed by atoms with Crippen molar-refractivity contribution < 1.29 is 4.42 Å². The average Bonchev–Trinajstić information content (AvgIpc) is 3.15. The molecular weight excluding hydrogens is 397 g/mol. The van der Waals surface area contributed by atoms with Crippen molar-refractivity contribution in [2.45, 2.75) is 13.5 Å². The first-order valence-electron chi connectivity index (χ1n) is 8.47. The SMILES string of the molecule is Cc1occc1-c1nc(NCc2ccc(Cl)c(Cl)c2)ncc1-c1cnccn1. The predicted octanol–water partition coefficient (Wildman–Crippen LogP) is 5.42. The number of anilines is 1. The molecule has 0 unspecified atom stereocenters. The van der Waals surface area contributed by atoms with Crippen molar-refractivity contribution in [2.75, 3.05) is 5.32 Å². The fourth-order valence-corrected chi connectivity index (χ4v) is 3.08. The molecule has 8 heteroatoms. The smallest absolute Gasteiger partial charge is 0.223 e. The van der Waals surface area contributed by atoms with E-state index in [2.05, 4.69) is 20.3 Å². The Bertz CT molecular complexity index is 1110. The minimum atomic E-state index is 0.481. The minimum Gasteiger partial charge on any atom is -0.469 e. The largest absolute Gasteiger partial charge is 0.469 e. The van der Waals surface area contributed by atoms with Crippen molar-refractivity contribution >= 4 is 29.2 Å². The Morgan fingerprint density at radius 1 is 1.00 bits per heavy atom. The van der Waals surface area contributed by atoms with Gasteiger partial charge in [-0.2, -0.15) is 0 Å². The molecule has 1 aromatic carbocycles. The number of nitrogens with zero attached hydrogens (tertiary/aromatic N) is 4. The molecule has 0 saturated heterocycles. The van der Waals surface area contributed by atoms with E-state index in [4.69, 9.17) is 32.6 Å². The molecule has 28 heavy (non-hydrogen) atoms. The zero-order valence-corrected chi connectivity index (χ0v) is 16.4. The standard InChI is InChI=1S/C20H15Cl2N5O/c1-12-14(4-7-28-12)19-15(18-11-23-5-6-24-18)10-26-20(27-19)25-9-13-2-3-16(21)17(22)8-13/h2-8,10-11H,9H2,1H3,(H,25,26,27). The van der Waals surface area contributed by atoms with Crippen molar-refractivity contribution in [3.8, 4) is 22.5 Å². The van der Waals surface area contributed by atoms with Gasteiger partial charge >= 0.3 is 0 Å². The summed E-state index contributed by atoms with van der Waals surface area (Å²) in [6.45, 7) is 2.39. The summed E-state index contributed by atoms with van der Waals surface area (Å²) in [7, 11) is 0. The van der Waals surface area contributed by atoms with E-state index in [0.29, 0.717) is 28.2 Å². The summed E-state index contributed by atoms with van der Waals surface area (Å²) in [5.41, 5.74) is 4.03. The van der Waals surface area contributed by atoms with Gasteiger partial charge in [-0.1, -0.05) is 29.3 Å². The maximum absolute atomic E-state index is 6.08. The Morgan fingerprint density at radius 2 is 1.89 bits per heavy atom. The molecule has 0 atom stereocenters. The molecule has 0 aliphatic rings. The van der Waals surface area contributed by atoms with E-state index in [1.807, 2.05) is 25.1 Å². The van der Waals surface area contributed by atoms with Gasteiger partial charge in [0.15, 0.2) is 0 Å². The highest BCUT2D eigenvalue weighted by Crippen LogP contribution is 2.32. The molecule has 0 saturated carbocycles. The lowest BCUT2D eigenvalue weighted by Gasteiger charge is -2.11. The van der Waals surface area contributed by atoms with Crippen LogP contribution in [0.2, 0.25) is 10.0 Å². The van der Waals surface area contributed by atoms with E-state index in [1.54, 1.807) is 37.1 Å². The molecule has 3 heterocycles. The second kappa shape index (κ2) is 7.96. The number of rotatable bonds is 5. The summed E-state index contributed by atoms with van der Waals surface area (Å²) in [5, 5.41) is 4.25. The van der Waals surface area contributed by atoms with Crippen LogP contribution in [-0.2, 0) is 6.54 Å². The second-order valence-corrected chi connectivity index (χ2v) is 6.85. The lowest BCUT2D eigenvalue weighted by Crippen LogP contribution is -2.05. The molecule has 4 aromatic rings. The molecule has 0 bridgehead atoms. The van der Waals surface area contributed by atoms with Crippen LogP contribution in [0.15, 0.2) is 59.7 Å². The van der Waals surface area contributed by atoms with Crippen LogP contribution in [0.25, 0.3) is 22.5 Å². The van der Waals surface area contributed by atoms with Crippen molar-refractivity contribution in [1.29, 1.82) is 0 Å². The maximum Gasteiger partial charge on any atom is 0.223 e. The lowest BCUT2D eigenvalue weighted by molar-refractivity contribution is 0.535. The first-order chi connectivity index (χ1) is 13.6. The van der Waals surface area contributed by atoms with Gasteiger partial charge in [-0.05, 0) is 30.7 Å². The first-order valence-corrected chi connectivity index (χ1v) is 9.23. The van der Waals surface area contributed by atoms with Gasteiger partial charge in [0, 0.05) is 36.3 Å². The summed E-state index contributed by atoms with van der Waals surface area (Å²) >= 11 is 12.0. The molecule has 4 rings (SSSR count). The Kier molecular flexibility index (Phi) is 5.23. The van der Waals surface area contributed by atoms with Crippen molar-refractivity contribution in [1.82, 2.24) is 19.9 Å². The number of halogens is 2. The summed E-state index contributed by atoms with van der Waals surface area (Å²) < 4.78 is 5.46. The number of hydrogen-bond donors (Lipinski definition) is 1. The van der Waals surface area contributed by atoms with Gasteiger partial charge in [0.1, 0.15) is 5.76 Å². The highest BCUT2D eigenvalue weighted by Gasteiger charge is 2.16. The van der Waals surface area contributed by atoms with Gasteiger partial charge < -0.3 is 9.73 Å². The number of aromatic nitrogens is 4. The molecule has 1 N–H and O–H groups in total. The van der Waals surface area contributed by atoms with Gasteiger partial charge in [0.25, 0.3) is 0 Å². The number of hydrogen-bond acceptors (Lipinski definition) is 6. The first kappa shape index (κ1) is 18.4. The minimum absolute atomic E-state index is 0.481. The molecular formula is C20H15Cl2N5O. The second-order valence-electron chi connectivity index (χ2n) is 6.04. The zero-order chi connectivity index (χ0) is 19.5. The highest BCUT2D eigenvalue weighted by molar-refractivity contribution is 6.42. The summed E-state index contributed by atoms with van der Waals surface area (Å²) in [6, 6.07) is 7.35. The molecule has 0 aliphatic heterocycles. The van der Waals surface area contributed by atoms with Gasteiger partial charge in [0.05, 0.1) is 33.9 Å². The van der Waals surface area contributed by atoms with Crippen LogP contribution in [0.4, 0.5) is 5.95 Å². The van der Waals surface area contributed by atoms with E-state index >= 15 is 0 Å². The van der Waals surface area contributed by atoms with Crippen molar-refractivity contribution in [2.24, 2.45) is 0 Å². The topological polar surface area (TPSA) is 76.7 Å². The highest BCUT2D eigenvalue weighted by atomic mass is 35.5. The van der Waals surface area contributed by atoms with Crippen LogP contribution < -0.4 is 5.32 Å². The molecule has 0 fully saturated rings. The lowest BCUT2D eigenvalue weighted by atomic mass is 10.1. The summed E-state index contributed by atoms with van der Waals surface area (Å²) in [5.74, 6) is 1.24. The van der Waals surface area contributed by atoms with E-state index < -0.39 is 0 Å². The zero-order valence-electron chi connectivity index (χ0n) is 14.9. The van der Waals surface area contributed by atoms with E-state index in [9.17, 15) is 0 Å². The number of furan rings is 1. The van der Waals surface area contributed by atoms with Crippen LogP contribution in [0, 0.1) is 6.92 Å². The number of benzene rings is 1. The van der Waals surface area contributed by atoms with Gasteiger partial charge in [-0.3, -0.25) is 9.97 Å². The molecule has 3 aromatic heterocycles. The predicted molar refractivity (Wildman–Crippen MR) is 109 cm³/mol. The Balaban J connectivity index is 1.68. The Morgan fingerprint density at radius 3 is 2.61 bits per heavy atom. The van der Waals surface area contributed by atoms with Crippen molar-refractivity contribution in [3.63, 3.8) is 0 Å². The fourth-order valence-electron chi connectivity index (χ4n) is 2.76. The third-order valence-corrected chi connectivity index (χ3v) is 4.92. The number of aryl methyl sites for hydroxylation is 1. The normalized spacial score (nSPS) is 10.8. The van der Waals surface area contributed by atoms with Crippen LogP contribution in [0.1, 0.15) is 11.3 Å². The summed E-state index contributed by atoms with van der Waals surface area (Å²) in [4.78, 5) is 17.6. The molecule has 0 radical (unpaired) electrons. The summed E-state index contributed by atoms with van der Waals surface area (Å²) in [6.07, 6.45) is 8.31. The Hall–Kier alpha value is -2.96. The van der Waals surface area contributed by atoms with E-state index in [-0.39, 0.29) is 0 Å². The molecule has 140 valence electrons. The average molecular weight is 412 g/mol. The quantitative estimate of drug-likeness (QED) is 0.472. The molecule has 0 aliphatic carbocycles.